The Hall–Kier alpha value is -2.34. The number of anilines is 3. The van der Waals surface area contributed by atoms with Crippen molar-refractivity contribution in [2.45, 2.75) is 45.2 Å². The van der Waals surface area contributed by atoms with E-state index in [9.17, 15) is 0 Å². The van der Waals surface area contributed by atoms with E-state index in [1.807, 2.05) is 13.0 Å². The number of rotatable bonds is 5. The Morgan fingerprint density at radius 1 is 1.07 bits per heavy atom. The number of hydrogen-bond donors (Lipinski definition) is 2. The molecule has 2 saturated heterocycles. The van der Waals surface area contributed by atoms with Gasteiger partial charge in [-0.15, -0.1) is 0 Å². The number of nitrogens with zero attached hydrogens (tertiary/aromatic N) is 4. The van der Waals surface area contributed by atoms with Gasteiger partial charge in [-0.25, -0.2) is 4.98 Å². The van der Waals surface area contributed by atoms with Gasteiger partial charge in [0, 0.05) is 56.2 Å². The average molecular weight is 367 g/mol. The molecule has 27 heavy (non-hydrogen) atoms. The van der Waals surface area contributed by atoms with Crippen molar-refractivity contribution < 1.29 is 0 Å². The molecule has 2 aliphatic rings. The highest BCUT2D eigenvalue weighted by Gasteiger charge is 2.21. The second-order valence-electron chi connectivity index (χ2n) is 7.76. The van der Waals surface area contributed by atoms with Gasteiger partial charge in [-0.2, -0.15) is 4.98 Å². The van der Waals surface area contributed by atoms with Crippen molar-refractivity contribution in [2.24, 2.45) is 0 Å². The number of nitrogens with one attached hydrogen (secondary N) is 1. The highest BCUT2D eigenvalue weighted by Crippen LogP contribution is 2.22. The van der Waals surface area contributed by atoms with Gasteiger partial charge in [0.05, 0.1) is 0 Å². The first kappa shape index (κ1) is 18.0. The van der Waals surface area contributed by atoms with Crippen LogP contribution in [0.2, 0.25) is 0 Å². The van der Waals surface area contributed by atoms with Crippen LogP contribution in [0, 0.1) is 6.92 Å². The van der Waals surface area contributed by atoms with Crippen LogP contribution in [0.5, 0.6) is 0 Å². The molecule has 1 aromatic heterocycles. The molecule has 1 atom stereocenters. The summed E-state index contributed by atoms with van der Waals surface area (Å²) in [6.45, 7) is 7.24. The maximum atomic E-state index is 5.83. The zero-order chi connectivity index (χ0) is 18.6. The van der Waals surface area contributed by atoms with E-state index in [2.05, 4.69) is 49.4 Å². The van der Waals surface area contributed by atoms with Crippen molar-refractivity contribution in [3.63, 3.8) is 0 Å². The Balaban J connectivity index is 1.36. The smallest absolute Gasteiger partial charge is 0.222 e. The molecule has 144 valence electrons. The summed E-state index contributed by atoms with van der Waals surface area (Å²) in [6.07, 6.45) is 4.98. The summed E-state index contributed by atoms with van der Waals surface area (Å²) in [5.41, 5.74) is 9.48. The van der Waals surface area contributed by atoms with Crippen molar-refractivity contribution in [1.29, 1.82) is 0 Å². The van der Waals surface area contributed by atoms with Crippen LogP contribution in [0.1, 0.15) is 36.9 Å². The molecule has 0 amide bonds. The average Bonchev–Trinajstić information content (AvgIpc) is 3.21. The molecule has 1 aromatic carbocycles. The zero-order valence-corrected chi connectivity index (χ0v) is 16.2. The Morgan fingerprint density at radius 2 is 1.89 bits per heavy atom. The second-order valence-corrected chi connectivity index (χ2v) is 7.76. The number of nitrogens with two attached hydrogens (primary N) is 1. The number of aromatic nitrogens is 2. The van der Waals surface area contributed by atoms with Crippen LogP contribution >= 0.6 is 0 Å². The molecule has 3 heterocycles. The minimum Gasteiger partial charge on any atom is -0.372 e. The molecule has 0 unspecified atom stereocenters. The van der Waals surface area contributed by atoms with Gasteiger partial charge in [0.1, 0.15) is 5.82 Å². The molecule has 3 N–H and O–H groups in total. The fourth-order valence-electron chi connectivity index (χ4n) is 4.19. The lowest BCUT2D eigenvalue weighted by Crippen LogP contribution is -2.45. The fourth-order valence-corrected chi connectivity index (χ4v) is 4.19. The van der Waals surface area contributed by atoms with Gasteiger partial charge in [0.15, 0.2) is 0 Å². The minimum atomic E-state index is 0.360. The summed E-state index contributed by atoms with van der Waals surface area (Å²) in [6, 6.07) is 11.5. The third-order valence-corrected chi connectivity index (χ3v) is 5.58. The van der Waals surface area contributed by atoms with E-state index in [-0.39, 0.29) is 0 Å². The molecular weight excluding hydrogens is 336 g/mol. The van der Waals surface area contributed by atoms with Crippen LogP contribution in [-0.2, 0) is 6.54 Å². The Labute approximate surface area is 161 Å². The monoisotopic (exact) mass is 366 g/mol. The molecule has 2 aliphatic heterocycles. The summed E-state index contributed by atoms with van der Waals surface area (Å²) in [4.78, 5) is 13.4. The Morgan fingerprint density at radius 3 is 2.70 bits per heavy atom. The van der Waals surface area contributed by atoms with Crippen molar-refractivity contribution in [1.82, 2.24) is 15.3 Å². The second kappa shape index (κ2) is 8.13. The van der Waals surface area contributed by atoms with Gasteiger partial charge in [-0.05, 0) is 50.3 Å². The summed E-state index contributed by atoms with van der Waals surface area (Å²) < 4.78 is 0. The van der Waals surface area contributed by atoms with E-state index < -0.39 is 0 Å². The lowest BCUT2D eigenvalue weighted by atomic mass is 10.0. The van der Waals surface area contributed by atoms with Crippen LogP contribution < -0.4 is 20.9 Å². The largest absolute Gasteiger partial charge is 0.372 e. The van der Waals surface area contributed by atoms with Gasteiger partial charge in [-0.3, -0.25) is 0 Å². The van der Waals surface area contributed by atoms with Crippen molar-refractivity contribution in [2.75, 3.05) is 41.7 Å². The molecule has 2 aromatic rings. The van der Waals surface area contributed by atoms with Gasteiger partial charge in [-0.1, -0.05) is 12.1 Å². The zero-order valence-electron chi connectivity index (χ0n) is 16.2. The van der Waals surface area contributed by atoms with Crippen LogP contribution in [0.4, 0.5) is 17.5 Å². The Bertz CT molecular complexity index is 751. The number of aryl methyl sites for hydroxylation is 1. The normalized spacial score (nSPS) is 20.3. The predicted molar refractivity (Wildman–Crippen MR) is 111 cm³/mol. The highest BCUT2D eigenvalue weighted by molar-refractivity contribution is 5.49. The molecule has 4 rings (SSSR count). The number of benzene rings is 1. The van der Waals surface area contributed by atoms with E-state index in [0.717, 1.165) is 37.6 Å². The Kier molecular flexibility index (Phi) is 5.43. The first-order valence-electron chi connectivity index (χ1n) is 10.1. The maximum absolute atomic E-state index is 5.83. The molecular formula is C21H30N6. The summed E-state index contributed by atoms with van der Waals surface area (Å²) in [5, 5.41) is 3.75. The third-order valence-electron chi connectivity index (χ3n) is 5.58. The van der Waals surface area contributed by atoms with Crippen LogP contribution in [0.3, 0.4) is 0 Å². The van der Waals surface area contributed by atoms with Crippen LogP contribution in [-0.4, -0.2) is 42.2 Å². The van der Waals surface area contributed by atoms with Crippen molar-refractivity contribution in [3.8, 4) is 0 Å². The molecule has 0 aliphatic carbocycles. The molecule has 2 fully saturated rings. The quantitative estimate of drug-likeness (QED) is 0.848. The topological polar surface area (TPSA) is 70.3 Å². The fraction of sp³-hybridized carbons (Fsp3) is 0.524. The standard InChI is InChI=1S/C21H30N6/c1-16-12-20(25-21(22)24-16)27-11-5-7-18(15-27)23-14-17-6-4-8-19(13-17)26-9-2-3-10-26/h4,6,8,12-13,18,23H,2-3,5,7,9-11,14-15H2,1H3,(H2,22,24,25)/t18-/m0/s1. The first-order valence-corrected chi connectivity index (χ1v) is 10.1. The van der Waals surface area contributed by atoms with E-state index in [1.165, 1.54) is 43.6 Å². The maximum Gasteiger partial charge on any atom is 0.222 e. The molecule has 6 nitrogen and oxygen atoms in total. The SMILES string of the molecule is Cc1cc(N2CCC[C@H](NCc3cccc(N4CCCC4)c3)C2)nc(N)n1. The molecule has 0 saturated carbocycles. The number of nitrogen functional groups attached to an aromatic ring is 1. The summed E-state index contributed by atoms with van der Waals surface area (Å²) in [5.74, 6) is 1.31. The van der Waals surface area contributed by atoms with E-state index in [4.69, 9.17) is 5.73 Å². The van der Waals surface area contributed by atoms with E-state index in [1.54, 1.807) is 0 Å². The minimum absolute atomic E-state index is 0.360. The van der Waals surface area contributed by atoms with E-state index >= 15 is 0 Å². The molecule has 0 spiro atoms. The number of hydrogen-bond acceptors (Lipinski definition) is 6. The van der Waals surface area contributed by atoms with Crippen molar-refractivity contribution in [3.05, 3.63) is 41.6 Å². The highest BCUT2D eigenvalue weighted by atomic mass is 15.2. The van der Waals surface area contributed by atoms with Gasteiger partial charge >= 0.3 is 0 Å². The van der Waals surface area contributed by atoms with Crippen molar-refractivity contribution >= 4 is 17.5 Å². The lowest BCUT2D eigenvalue weighted by molar-refractivity contribution is 0.420. The third kappa shape index (κ3) is 4.50. The van der Waals surface area contributed by atoms with Gasteiger partial charge in [0.25, 0.3) is 0 Å². The summed E-state index contributed by atoms with van der Waals surface area (Å²) in [7, 11) is 0. The van der Waals surface area contributed by atoms with E-state index in [0.29, 0.717) is 12.0 Å². The summed E-state index contributed by atoms with van der Waals surface area (Å²) >= 11 is 0. The van der Waals surface area contributed by atoms with Gasteiger partial charge < -0.3 is 20.9 Å². The van der Waals surface area contributed by atoms with Crippen LogP contribution in [0.25, 0.3) is 0 Å². The molecule has 0 bridgehead atoms. The lowest BCUT2D eigenvalue weighted by Gasteiger charge is -2.34. The molecule has 0 radical (unpaired) electrons. The molecule has 6 heteroatoms. The van der Waals surface area contributed by atoms with Gasteiger partial charge in [0.2, 0.25) is 5.95 Å². The number of piperidine rings is 1. The van der Waals surface area contributed by atoms with Crippen LogP contribution in [0.15, 0.2) is 30.3 Å². The predicted octanol–water partition coefficient (Wildman–Crippen LogP) is 2.73. The first-order chi connectivity index (χ1) is 13.2.